The van der Waals surface area contributed by atoms with Gasteiger partial charge in [0.25, 0.3) is 0 Å². The SMILES string of the molecule is CC(=O)N1CCc2cccc(N)c2C1. The minimum Gasteiger partial charge on any atom is -0.398 e. The monoisotopic (exact) mass is 190 g/mol. The normalized spacial score (nSPS) is 15.1. The lowest BCUT2D eigenvalue weighted by Crippen LogP contribution is -2.34. The van der Waals surface area contributed by atoms with Gasteiger partial charge in [-0.15, -0.1) is 0 Å². The van der Waals surface area contributed by atoms with Crippen molar-refractivity contribution < 1.29 is 4.79 Å². The lowest BCUT2D eigenvalue weighted by atomic mass is 9.98. The zero-order valence-electron chi connectivity index (χ0n) is 8.29. The smallest absolute Gasteiger partial charge is 0.219 e. The molecule has 0 bridgehead atoms. The number of nitrogens with zero attached hydrogens (tertiary/aromatic N) is 1. The van der Waals surface area contributed by atoms with Crippen LogP contribution in [0.3, 0.4) is 0 Å². The van der Waals surface area contributed by atoms with Crippen molar-refractivity contribution in [3.63, 3.8) is 0 Å². The quantitative estimate of drug-likeness (QED) is 0.624. The fraction of sp³-hybridized carbons (Fsp3) is 0.364. The number of nitrogen functional groups attached to an aromatic ring is 1. The standard InChI is InChI=1S/C11H14N2O/c1-8(14)13-6-5-9-3-2-4-11(12)10(9)7-13/h2-4H,5-7,12H2,1H3. The van der Waals surface area contributed by atoms with Gasteiger partial charge in [-0.05, 0) is 23.6 Å². The van der Waals surface area contributed by atoms with E-state index < -0.39 is 0 Å². The molecule has 3 nitrogen and oxygen atoms in total. The summed E-state index contributed by atoms with van der Waals surface area (Å²) in [6.45, 7) is 3.08. The summed E-state index contributed by atoms with van der Waals surface area (Å²) < 4.78 is 0. The third-order valence-electron chi connectivity index (χ3n) is 2.75. The highest BCUT2D eigenvalue weighted by Gasteiger charge is 2.19. The second-order valence-electron chi connectivity index (χ2n) is 3.68. The molecular formula is C11H14N2O. The van der Waals surface area contributed by atoms with Crippen LogP contribution in [0, 0.1) is 0 Å². The molecule has 3 heteroatoms. The van der Waals surface area contributed by atoms with Crippen LogP contribution in [0.15, 0.2) is 18.2 Å². The highest BCUT2D eigenvalue weighted by molar-refractivity contribution is 5.74. The summed E-state index contributed by atoms with van der Waals surface area (Å²) in [4.78, 5) is 13.0. The van der Waals surface area contributed by atoms with Crippen molar-refractivity contribution in [1.82, 2.24) is 4.90 Å². The Morgan fingerprint density at radius 2 is 2.29 bits per heavy atom. The lowest BCUT2D eigenvalue weighted by molar-refractivity contribution is -0.129. The minimum absolute atomic E-state index is 0.124. The van der Waals surface area contributed by atoms with Crippen LogP contribution in [-0.2, 0) is 17.8 Å². The number of carbonyl (C=O) groups excluding carboxylic acids is 1. The van der Waals surface area contributed by atoms with Gasteiger partial charge >= 0.3 is 0 Å². The van der Waals surface area contributed by atoms with E-state index in [9.17, 15) is 4.79 Å². The van der Waals surface area contributed by atoms with Gasteiger partial charge in [0.15, 0.2) is 0 Å². The van der Waals surface area contributed by atoms with Gasteiger partial charge in [-0.25, -0.2) is 0 Å². The summed E-state index contributed by atoms with van der Waals surface area (Å²) >= 11 is 0. The van der Waals surface area contributed by atoms with Crippen molar-refractivity contribution in [2.45, 2.75) is 19.9 Å². The first kappa shape index (κ1) is 9.06. The van der Waals surface area contributed by atoms with E-state index in [4.69, 9.17) is 5.73 Å². The predicted octanol–water partition coefficient (Wildman–Crippen LogP) is 1.17. The highest BCUT2D eigenvalue weighted by atomic mass is 16.2. The van der Waals surface area contributed by atoms with Crippen LogP contribution in [0.5, 0.6) is 0 Å². The molecule has 0 unspecified atom stereocenters. The lowest BCUT2D eigenvalue weighted by Gasteiger charge is -2.28. The van der Waals surface area contributed by atoms with E-state index in [0.29, 0.717) is 6.54 Å². The Balaban J connectivity index is 2.33. The average molecular weight is 190 g/mol. The molecule has 2 rings (SSSR count). The maximum absolute atomic E-state index is 11.2. The van der Waals surface area contributed by atoms with Gasteiger partial charge in [0.05, 0.1) is 0 Å². The van der Waals surface area contributed by atoms with E-state index >= 15 is 0 Å². The number of carbonyl (C=O) groups is 1. The van der Waals surface area contributed by atoms with Gasteiger partial charge in [-0.2, -0.15) is 0 Å². The fourth-order valence-corrected chi connectivity index (χ4v) is 1.88. The van der Waals surface area contributed by atoms with Crippen molar-refractivity contribution in [2.75, 3.05) is 12.3 Å². The second-order valence-corrected chi connectivity index (χ2v) is 3.68. The van der Waals surface area contributed by atoms with Crippen molar-refractivity contribution in [3.8, 4) is 0 Å². The first-order valence-electron chi connectivity index (χ1n) is 4.80. The molecule has 1 aromatic carbocycles. The molecule has 0 aliphatic carbocycles. The molecule has 74 valence electrons. The zero-order chi connectivity index (χ0) is 10.1. The Bertz CT molecular complexity index is 374. The summed E-state index contributed by atoms with van der Waals surface area (Å²) in [5.74, 6) is 0.124. The van der Waals surface area contributed by atoms with Crippen molar-refractivity contribution in [1.29, 1.82) is 0 Å². The Kier molecular flexibility index (Phi) is 2.15. The summed E-state index contributed by atoms with van der Waals surface area (Å²) in [5.41, 5.74) is 9.06. The maximum atomic E-state index is 11.2. The largest absolute Gasteiger partial charge is 0.398 e. The Morgan fingerprint density at radius 3 is 3.00 bits per heavy atom. The van der Waals surface area contributed by atoms with Crippen molar-refractivity contribution in [2.24, 2.45) is 0 Å². The topological polar surface area (TPSA) is 46.3 Å². The molecule has 0 spiro atoms. The molecule has 0 saturated heterocycles. The number of hydrogen-bond donors (Lipinski definition) is 1. The first-order valence-corrected chi connectivity index (χ1v) is 4.80. The Hall–Kier alpha value is -1.51. The molecule has 14 heavy (non-hydrogen) atoms. The molecule has 1 aliphatic heterocycles. The highest BCUT2D eigenvalue weighted by Crippen LogP contribution is 2.23. The van der Waals surface area contributed by atoms with E-state index in [0.717, 1.165) is 24.2 Å². The molecule has 2 N–H and O–H groups in total. The molecule has 1 heterocycles. The first-order chi connectivity index (χ1) is 6.68. The Labute approximate surface area is 83.5 Å². The zero-order valence-corrected chi connectivity index (χ0v) is 8.29. The molecule has 1 aliphatic rings. The summed E-state index contributed by atoms with van der Waals surface area (Å²) in [6, 6.07) is 5.95. The fourth-order valence-electron chi connectivity index (χ4n) is 1.88. The molecule has 0 aromatic heterocycles. The number of benzene rings is 1. The molecule has 0 atom stereocenters. The van der Waals surface area contributed by atoms with Crippen LogP contribution < -0.4 is 5.73 Å². The number of amides is 1. The van der Waals surface area contributed by atoms with Gasteiger partial charge in [-0.1, -0.05) is 12.1 Å². The second kappa shape index (κ2) is 3.33. The van der Waals surface area contributed by atoms with Crippen LogP contribution in [0.4, 0.5) is 5.69 Å². The molecule has 0 radical (unpaired) electrons. The van der Waals surface area contributed by atoms with Gasteiger partial charge in [0.2, 0.25) is 5.91 Å². The van der Waals surface area contributed by atoms with Crippen LogP contribution in [-0.4, -0.2) is 17.4 Å². The van der Waals surface area contributed by atoms with E-state index in [-0.39, 0.29) is 5.91 Å². The molecule has 1 amide bonds. The molecular weight excluding hydrogens is 176 g/mol. The van der Waals surface area contributed by atoms with Crippen molar-refractivity contribution in [3.05, 3.63) is 29.3 Å². The third-order valence-corrected chi connectivity index (χ3v) is 2.75. The van der Waals surface area contributed by atoms with Gasteiger partial charge in [-0.3, -0.25) is 4.79 Å². The minimum atomic E-state index is 0.124. The molecule has 0 fully saturated rings. The van der Waals surface area contributed by atoms with Crippen LogP contribution in [0.25, 0.3) is 0 Å². The number of fused-ring (bicyclic) bond motifs is 1. The number of rotatable bonds is 0. The van der Waals surface area contributed by atoms with E-state index in [1.165, 1.54) is 5.56 Å². The van der Waals surface area contributed by atoms with Crippen LogP contribution in [0.1, 0.15) is 18.1 Å². The number of nitrogens with two attached hydrogens (primary N) is 1. The summed E-state index contributed by atoms with van der Waals surface area (Å²) in [7, 11) is 0. The Morgan fingerprint density at radius 1 is 1.50 bits per heavy atom. The van der Waals surface area contributed by atoms with Gasteiger partial charge in [0.1, 0.15) is 0 Å². The number of hydrogen-bond acceptors (Lipinski definition) is 2. The third kappa shape index (κ3) is 1.45. The number of anilines is 1. The van der Waals surface area contributed by atoms with Crippen LogP contribution in [0.2, 0.25) is 0 Å². The summed E-state index contributed by atoms with van der Waals surface area (Å²) in [5, 5.41) is 0. The van der Waals surface area contributed by atoms with E-state index in [2.05, 4.69) is 6.07 Å². The van der Waals surface area contributed by atoms with Gasteiger partial charge < -0.3 is 10.6 Å². The summed E-state index contributed by atoms with van der Waals surface area (Å²) in [6.07, 6.45) is 0.917. The van der Waals surface area contributed by atoms with Crippen molar-refractivity contribution >= 4 is 11.6 Å². The maximum Gasteiger partial charge on any atom is 0.219 e. The van der Waals surface area contributed by atoms with E-state index in [1.807, 2.05) is 17.0 Å². The molecule has 1 aromatic rings. The molecule has 0 saturated carbocycles. The predicted molar refractivity (Wildman–Crippen MR) is 55.6 cm³/mol. The van der Waals surface area contributed by atoms with E-state index in [1.54, 1.807) is 6.92 Å². The average Bonchev–Trinajstić information content (AvgIpc) is 2.18. The van der Waals surface area contributed by atoms with Gasteiger partial charge in [0, 0.05) is 25.7 Å². The van der Waals surface area contributed by atoms with Crippen LogP contribution >= 0.6 is 0 Å².